The van der Waals surface area contributed by atoms with Gasteiger partial charge in [0.05, 0.1) is 35.9 Å². The van der Waals surface area contributed by atoms with Crippen LogP contribution in [0.5, 0.6) is 0 Å². The molecule has 0 spiro atoms. The van der Waals surface area contributed by atoms with E-state index in [0.717, 1.165) is 63.1 Å². The van der Waals surface area contributed by atoms with Crippen molar-refractivity contribution in [3.05, 3.63) is 277 Å². The highest BCUT2D eigenvalue weighted by molar-refractivity contribution is 14.1. The predicted molar refractivity (Wildman–Crippen MR) is 353 cm³/mol. The summed E-state index contributed by atoms with van der Waals surface area (Å²) in [5.41, 5.74) is 27.3. The SMILES string of the molecule is CSC(=N)c1cccs1.I.N=C(Cc1cccc(-c2cccc(N=C(N)c3cccs3)c2)c1)c1cccs1.Nc1cccc(-c2cccc(N)c2)c1.O=[N+]([O-])c1cccc(-c2cccc([N+](=O)[O-])c2)c1.O=[N+]([O-])c1cccc(I)c1. The first kappa shape index (κ1) is 62.9. The van der Waals surface area contributed by atoms with E-state index in [0.29, 0.717) is 34.1 Å². The molecule has 21 heteroatoms. The highest BCUT2D eigenvalue weighted by atomic mass is 127. The summed E-state index contributed by atoms with van der Waals surface area (Å²) in [6, 6.07) is 62.3. The van der Waals surface area contributed by atoms with Gasteiger partial charge in [0.1, 0.15) is 10.9 Å². The van der Waals surface area contributed by atoms with Gasteiger partial charge in [-0.25, -0.2) is 4.99 Å². The molecule has 406 valence electrons. The molecular weight excluding hydrogens is 1310 g/mol. The van der Waals surface area contributed by atoms with E-state index in [1.165, 1.54) is 48.2 Å². The molecule has 0 saturated heterocycles. The van der Waals surface area contributed by atoms with Gasteiger partial charge in [-0.1, -0.05) is 109 Å². The highest BCUT2D eigenvalue weighted by Crippen LogP contribution is 2.29. The second-order valence-corrected chi connectivity index (χ2v) is 21.4. The van der Waals surface area contributed by atoms with Crippen LogP contribution in [0.25, 0.3) is 33.4 Å². The highest BCUT2D eigenvalue weighted by Gasteiger charge is 2.12. The first-order valence-corrected chi connectivity index (χ1v) is 28.5. The maximum absolute atomic E-state index is 10.7. The van der Waals surface area contributed by atoms with Gasteiger partial charge in [0.2, 0.25) is 0 Å². The standard InChI is InChI=1S/C23H19N3S2.C12H8N2O4.C12H12N2.C6H4INO2.C6H7NS2.HI/c24-20(21-9-3-11-27-21)14-16-5-1-6-17(13-16)18-7-2-8-19(15-18)26-23(25)22-10-4-12-28-22;15-13(16)11-5-1-3-9(7-11)10-4-2-6-12(8-10)14(17)18;13-11-5-1-3-9(7-11)10-4-2-6-12(14)8-10;7-5-2-1-3-6(4-5)8(9)10;1-8-6(7)5-3-2-4-9-5;/h1-13,15,24H,14H2,(H2,25,26);1-8H;1-8H,13-14H2;1-4H;2-4,7H,1H3;1H. The van der Waals surface area contributed by atoms with Crippen LogP contribution in [0, 0.1) is 44.7 Å². The lowest BCUT2D eigenvalue weighted by molar-refractivity contribution is -0.385. The number of hydrogen-bond donors (Lipinski definition) is 5. The molecule has 0 atom stereocenters. The average Bonchev–Trinajstić information content (AvgIpc) is 4.32. The van der Waals surface area contributed by atoms with E-state index in [2.05, 4.69) is 29.3 Å². The van der Waals surface area contributed by atoms with Gasteiger partial charge >= 0.3 is 0 Å². The molecule has 7 aromatic carbocycles. The van der Waals surface area contributed by atoms with Gasteiger partial charge in [0.15, 0.2) is 0 Å². The second-order valence-electron chi connectivity index (χ2n) is 16.5. The number of thiophene rings is 3. The molecule has 0 saturated carbocycles. The van der Waals surface area contributed by atoms with Gasteiger partial charge < -0.3 is 22.6 Å². The van der Waals surface area contributed by atoms with Crippen molar-refractivity contribution in [3.8, 4) is 33.4 Å². The van der Waals surface area contributed by atoms with Crippen molar-refractivity contribution in [3.63, 3.8) is 0 Å². The number of amidine groups is 1. The van der Waals surface area contributed by atoms with Gasteiger partial charge in [0, 0.05) is 62.6 Å². The number of anilines is 2. The van der Waals surface area contributed by atoms with Crippen molar-refractivity contribution < 1.29 is 14.8 Å². The van der Waals surface area contributed by atoms with E-state index >= 15 is 0 Å². The summed E-state index contributed by atoms with van der Waals surface area (Å²) in [6.07, 6.45) is 2.54. The van der Waals surface area contributed by atoms with Crippen molar-refractivity contribution in [1.29, 1.82) is 10.8 Å². The minimum atomic E-state index is -0.499. The van der Waals surface area contributed by atoms with Crippen molar-refractivity contribution in [2.75, 3.05) is 17.7 Å². The van der Waals surface area contributed by atoms with E-state index < -0.39 is 14.8 Å². The molecule has 0 aliphatic heterocycles. The van der Waals surface area contributed by atoms with Gasteiger partial charge in [-0.15, -0.1) is 69.7 Å². The van der Waals surface area contributed by atoms with Crippen LogP contribution in [0.4, 0.5) is 34.1 Å². The molecular formula is C59H51I2N9O6S4. The zero-order chi connectivity index (χ0) is 56.7. The summed E-state index contributed by atoms with van der Waals surface area (Å²) in [4.78, 5) is 37.7. The Labute approximate surface area is 508 Å². The molecule has 3 aromatic heterocycles. The molecule has 15 nitrogen and oxygen atoms in total. The third-order valence-electron chi connectivity index (χ3n) is 10.9. The first-order valence-electron chi connectivity index (χ1n) is 23.5. The Morgan fingerprint density at radius 3 is 1.35 bits per heavy atom. The van der Waals surface area contributed by atoms with E-state index in [4.69, 9.17) is 28.0 Å². The molecule has 0 fully saturated rings. The largest absolute Gasteiger partial charge is 0.399 e. The number of thioether (sulfide) groups is 1. The Bertz CT molecular complexity index is 3600. The molecule has 10 aromatic rings. The molecule has 0 radical (unpaired) electrons. The van der Waals surface area contributed by atoms with Crippen LogP contribution < -0.4 is 17.2 Å². The number of nitrogens with one attached hydrogen (secondary N) is 2. The monoisotopic (exact) mass is 1360 g/mol. The zero-order valence-electron chi connectivity index (χ0n) is 42.5. The average molecular weight is 1360 g/mol. The molecule has 3 heterocycles. The third-order valence-corrected chi connectivity index (χ3v) is 15.0. The molecule has 0 aliphatic carbocycles. The van der Waals surface area contributed by atoms with E-state index in [9.17, 15) is 30.3 Å². The molecule has 10 rings (SSSR count). The fourth-order valence-corrected chi connectivity index (χ4v) is 10.2. The number of benzene rings is 7. The Morgan fingerprint density at radius 2 is 0.912 bits per heavy atom. The Hall–Kier alpha value is -7.94. The summed E-state index contributed by atoms with van der Waals surface area (Å²) in [6.45, 7) is 0. The molecule has 8 N–H and O–H groups in total. The lowest BCUT2D eigenvalue weighted by Gasteiger charge is -2.07. The third kappa shape index (κ3) is 20.1. The second kappa shape index (κ2) is 32.2. The van der Waals surface area contributed by atoms with Crippen molar-refractivity contribution in [2.45, 2.75) is 6.42 Å². The summed E-state index contributed by atoms with van der Waals surface area (Å²) < 4.78 is 0.881. The maximum atomic E-state index is 10.7. The quantitative estimate of drug-likeness (QED) is 0.0193. The molecule has 80 heavy (non-hydrogen) atoms. The van der Waals surface area contributed by atoms with Gasteiger partial charge in [-0.3, -0.25) is 35.8 Å². The minimum absolute atomic E-state index is 0. The number of aliphatic imine (C=N–C) groups is 1. The van der Waals surface area contributed by atoms with Crippen LogP contribution in [0.2, 0.25) is 0 Å². The fraction of sp³-hybridized carbons (Fsp3) is 0.0339. The van der Waals surface area contributed by atoms with Gasteiger partial charge in [-0.2, -0.15) is 0 Å². The molecule has 0 unspecified atom stereocenters. The Morgan fingerprint density at radius 1 is 0.512 bits per heavy atom. The normalized spacial score (nSPS) is 10.2. The summed E-state index contributed by atoms with van der Waals surface area (Å²) >= 11 is 8.31. The van der Waals surface area contributed by atoms with Crippen molar-refractivity contribution in [1.82, 2.24) is 0 Å². The van der Waals surface area contributed by atoms with Crippen molar-refractivity contribution in [2.24, 2.45) is 10.7 Å². The number of halogens is 2. The number of nitro benzene ring substituents is 3. The zero-order valence-corrected chi connectivity index (χ0v) is 50.2. The molecule has 0 amide bonds. The first-order chi connectivity index (χ1) is 38.1. The summed E-state index contributed by atoms with van der Waals surface area (Å²) in [5, 5.41) is 53.8. The lowest BCUT2D eigenvalue weighted by atomic mass is 10.00. The smallest absolute Gasteiger partial charge is 0.270 e. The number of nitrogen functional groups attached to an aromatic ring is 2. The number of rotatable bonds is 12. The summed E-state index contributed by atoms with van der Waals surface area (Å²) in [7, 11) is 0. The van der Waals surface area contributed by atoms with Crippen LogP contribution in [-0.2, 0) is 6.42 Å². The number of nitrogens with two attached hydrogens (primary N) is 3. The number of hydrogen-bond acceptors (Lipinski definition) is 15. The van der Waals surface area contributed by atoms with E-state index in [1.807, 2.05) is 160 Å². The Balaban J connectivity index is 0.000000196. The number of nitro groups is 3. The number of nitrogens with zero attached hydrogens (tertiary/aromatic N) is 4. The van der Waals surface area contributed by atoms with Gasteiger partial charge in [0.25, 0.3) is 17.1 Å². The van der Waals surface area contributed by atoms with Crippen LogP contribution in [0.1, 0.15) is 20.2 Å². The summed E-state index contributed by atoms with van der Waals surface area (Å²) in [5.74, 6) is 0.533. The van der Waals surface area contributed by atoms with Crippen molar-refractivity contribution >= 4 is 143 Å². The van der Waals surface area contributed by atoms with E-state index in [-0.39, 0.29) is 41.0 Å². The Kier molecular flexibility index (Phi) is 25.3. The van der Waals surface area contributed by atoms with E-state index in [1.54, 1.807) is 64.3 Å². The van der Waals surface area contributed by atoms with Gasteiger partial charge in [-0.05, 0) is 145 Å². The predicted octanol–water partition coefficient (Wildman–Crippen LogP) is 17.1. The maximum Gasteiger partial charge on any atom is 0.270 e. The van der Waals surface area contributed by atoms with Crippen LogP contribution >= 0.6 is 92.3 Å². The number of non-ortho nitro benzene ring substituents is 3. The van der Waals surface area contributed by atoms with Crippen LogP contribution in [-0.4, -0.2) is 37.6 Å². The molecule has 0 aliphatic rings. The lowest BCUT2D eigenvalue weighted by Crippen LogP contribution is -2.10. The fourth-order valence-electron chi connectivity index (χ4n) is 7.11. The van der Waals surface area contributed by atoms with Crippen LogP contribution in [0.15, 0.2) is 227 Å². The minimum Gasteiger partial charge on any atom is -0.399 e. The topological polar surface area (TPSA) is 268 Å². The molecule has 0 bridgehead atoms. The van der Waals surface area contributed by atoms with Crippen LogP contribution in [0.3, 0.4) is 0 Å².